The first-order valence-corrected chi connectivity index (χ1v) is 11.2. The third kappa shape index (κ3) is 5.02. The van der Waals surface area contributed by atoms with Crippen molar-refractivity contribution in [2.45, 2.75) is 45.7 Å². The van der Waals surface area contributed by atoms with Gasteiger partial charge in [-0.25, -0.2) is 18.5 Å². The van der Waals surface area contributed by atoms with Crippen LogP contribution in [0.1, 0.15) is 46.1 Å². The molecular weight excluding hydrogens is 476 g/mol. The number of cyclic esters (lactones) is 1. The Morgan fingerprint density at radius 3 is 2.81 bits per heavy atom. The predicted octanol–water partition coefficient (Wildman–Crippen LogP) is 3.94. The minimum atomic E-state index is -2.70. The molecule has 3 aromatic rings. The molecular formula is C23H27F2N7O4. The number of amides is 1. The fraction of sp³-hybridized carbons (Fsp3) is 0.391. The lowest BCUT2D eigenvalue weighted by molar-refractivity contribution is 0.0818. The Balaban J connectivity index is 0.00000253. The third-order valence-electron chi connectivity index (χ3n) is 5.65. The number of rotatable bonds is 8. The molecule has 1 fully saturated rings. The first-order valence-electron chi connectivity index (χ1n) is 11.2. The topological polar surface area (TPSA) is 146 Å². The Labute approximate surface area is 207 Å². The number of alkyl halides is 2. The highest BCUT2D eigenvalue weighted by Gasteiger charge is 2.35. The molecule has 0 aliphatic carbocycles. The smallest absolute Gasteiger partial charge is 0.417 e. The maximum atomic E-state index is 12.8. The lowest BCUT2D eigenvalue weighted by Gasteiger charge is -2.20. The van der Waals surface area contributed by atoms with Crippen LogP contribution in [0.4, 0.5) is 25.5 Å². The average Bonchev–Trinajstić information content (AvgIpc) is 3.21. The number of anilines is 2. The number of aromatic nitrogens is 4. The van der Waals surface area contributed by atoms with E-state index >= 15 is 0 Å². The minimum absolute atomic E-state index is 0. The van der Waals surface area contributed by atoms with Gasteiger partial charge in [0.05, 0.1) is 23.2 Å². The Bertz CT molecular complexity index is 1420. The Morgan fingerprint density at radius 2 is 2.11 bits per heavy atom. The summed E-state index contributed by atoms with van der Waals surface area (Å²) in [5, 5.41) is 13.0. The summed E-state index contributed by atoms with van der Waals surface area (Å²) in [5.41, 5.74) is 0.268. The molecule has 1 aromatic carbocycles. The van der Waals surface area contributed by atoms with E-state index in [2.05, 4.69) is 25.3 Å². The molecule has 0 radical (unpaired) electrons. The van der Waals surface area contributed by atoms with E-state index in [4.69, 9.17) is 9.47 Å². The number of hydrogen-bond donors (Lipinski definition) is 2. The molecule has 4 rings (SSSR count). The van der Waals surface area contributed by atoms with Gasteiger partial charge in [0.1, 0.15) is 30.9 Å². The zero-order chi connectivity index (χ0) is 26.0. The van der Waals surface area contributed by atoms with Crippen LogP contribution in [-0.2, 0) is 4.74 Å². The van der Waals surface area contributed by atoms with Crippen molar-refractivity contribution >= 4 is 28.9 Å². The van der Waals surface area contributed by atoms with Gasteiger partial charge in [0.15, 0.2) is 0 Å². The number of ether oxygens (including phenoxy) is 2. The fourth-order valence-electron chi connectivity index (χ4n) is 3.85. The summed E-state index contributed by atoms with van der Waals surface area (Å²) in [7, 11) is 0. The summed E-state index contributed by atoms with van der Waals surface area (Å²) in [5.74, 6) is 0.632. The molecule has 2 atom stereocenters. The quantitative estimate of drug-likeness (QED) is 0.467. The number of nitrogens with zero attached hydrogens (tertiary/aromatic N) is 5. The van der Waals surface area contributed by atoms with E-state index in [9.17, 15) is 23.6 Å². The molecule has 13 heteroatoms. The largest absolute Gasteiger partial charge is 0.486 e. The fourth-order valence-corrected chi connectivity index (χ4v) is 3.85. The second kappa shape index (κ2) is 10.1. The number of nitriles is 1. The van der Waals surface area contributed by atoms with E-state index in [-0.39, 0.29) is 38.7 Å². The predicted molar refractivity (Wildman–Crippen MR) is 130 cm³/mol. The first-order chi connectivity index (χ1) is 17.2. The van der Waals surface area contributed by atoms with Crippen LogP contribution in [0.25, 0.3) is 10.9 Å². The van der Waals surface area contributed by atoms with Crippen LogP contribution >= 0.6 is 0 Å². The van der Waals surface area contributed by atoms with Crippen LogP contribution in [0, 0.1) is 18.3 Å². The minimum Gasteiger partial charge on any atom is -0.486 e. The molecule has 36 heavy (non-hydrogen) atoms. The van der Waals surface area contributed by atoms with Gasteiger partial charge in [0.2, 0.25) is 11.9 Å². The summed E-state index contributed by atoms with van der Waals surface area (Å²) >= 11 is 0. The molecule has 1 aliphatic rings. The Hall–Kier alpha value is -4.34. The van der Waals surface area contributed by atoms with E-state index < -0.39 is 30.7 Å². The van der Waals surface area contributed by atoms with E-state index in [1.165, 1.54) is 17.0 Å². The van der Waals surface area contributed by atoms with Crippen molar-refractivity contribution in [3.63, 3.8) is 0 Å². The summed E-state index contributed by atoms with van der Waals surface area (Å²) in [6.07, 6.45) is -2.59. The van der Waals surface area contributed by atoms with Gasteiger partial charge in [-0.05, 0) is 32.4 Å². The lowest BCUT2D eigenvalue weighted by Crippen LogP contribution is -2.35. The number of fused-ring (bicyclic) bond motifs is 1. The molecule has 2 aromatic heterocycles. The van der Waals surface area contributed by atoms with Gasteiger partial charge in [0, 0.05) is 19.9 Å². The molecule has 2 N–H and O–H groups in total. The van der Waals surface area contributed by atoms with Crippen molar-refractivity contribution in [2.75, 3.05) is 23.4 Å². The average molecular weight is 504 g/mol. The number of hydrogen-bond acceptors (Lipinski definition) is 9. The zero-order valence-electron chi connectivity index (χ0n) is 19.7. The number of H-pyrrole nitrogens is 1. The monoisotopic (exact) mass is 503 g/mol. The van der Waals surface area contributed by atoms with Gasteiger partial charge < -0.3 is 19.8 Å². The zero-order valence-corrected chi connectivity index (χ0v) is 19.7. The maximum absolute atomic E-state index is 12.8. The molecule has 1 saturated heterocycles. The van der Waals surface area contributed by atoms with Crippen LogP contribution < -0.4 is 20.5 Å². The summed E-state index contributed by atoms with van der Waals surface area (Å²) in [4.78, 5) is 42.0. The van der Waals surface area contributed by atoms with E-state index in [1.54, 1.807) is 19.9 Å². The van der Waals surface area contributed by atoms with Gasteiger partial charge >= 0.3 is 6.09 Å². The standard InChI is InChI=1S/C23H23F2N7O4.2H2/c1-4-15-9-36-23(34)32(15)22-29-12(3)28-21(31-22)27-11(2)16-6-13-5-14(8-26)18(35-10-19(24)25)7-17(13)30-20(16)33;;/h5-7,11,15,19H,4,9-10H2,1-3H3,(H,30,33)(H,27,28,29,31);2*1H/t11-,15-;;/m0../s1. The maximum Gasteiger partial charge on any atom is 0.417 e. The summed E-state index contributed by atoms with van der Waals surface area (Å²) < 4.78 is 35.2. The van der Waals surface area contributed by atoms with Gasteiger partial charge in [-0.15, -0.1) is 0 Å². The van der Waals surface area contributed by atoms with Gasteiger partial charge in [-0.2, -0.15) is 20.2 Å². The highest BCUT2D eigenvalue weighted by atomic mass is 19.3. The van der Waals surface area contributed by atoms with Crippen molar-refractivity contribution in [2.24, 2.45) is 0 Å². The Morgan fingerprint density at radius 1 is 1.33 bits per heavy atom. The van der Waals surface area contributed by atoms with E-state index in [1.807, 2.05) is 13.0 Å². The molecule has 0 unspecified atom stereocenters. The van der Waals surface area contributed by atoms with Crippen LogP contribution in [0.3, 0.4) is 0 Å². The summed E-state index contributed by atoms with van der Waals surface area (Å²) in [6.45, 7) is 4.67. The Kier molecular flexibility index (Phi) is 6.96. The van der Waals surface area contributed by atoms with Crippen molar-refractivity contribution in [3.05, 3.63) is 45.5 Å². The van der Waals surface area contributed by atoms with Crippen LogP contribution in [0.5, 0.6) is 5.75 Å². The number of nitrogens with one attached hydrogen (secondary N) is 2. The van der Waals surface area contributed by atoms with Crippen molar-refractivity contribution in [1.29, 1.82) is 5.26 Å². The molecule has 192 valence electrons. The first kappa shape index (κ1) is 24.8. The second-order valence-electron chi connectivity index (χ2n) is 8.18. The van der Waals surface area contributed by atoms with Gasteiger partial charge in [-0.1, -0.05) is 6.92 Å². The van der Waals surface area contributed by atoms with Crippen LogP contribution in [0.2, 0.25) is 0 Å². The van der Waals surface area contributed by atoms with Crippen LogP contribution in [-0.4, -0.2) is 51.7 Å². The number of pyridine rings is 1. The SMILES string of the molecule is CC[C@H]1COC(=O)N1c1nc(C)nc(N[C@@H](C)c2cc3cc(C#N)c(OCC(F)F)cc3[nH]c2=O)n1.[HH].[HH]. The third-order valence-corrected chi connectivity index (χ3v) is 5.65. The number of carbonyl (C=O) groups excluding carboxylic acids is 1. The molecule has 3 heterocycles. The number of aryl methyl sites for hydroxylation is 1. The van der Waals surface area contributed by atoms with Crippen LogP contribution in [0.15, 0.2) is 23.0 Å². The molecule has 0 spiro atoms. The molecule has 11 nitrogen and oxygen atoms in total. The molecule has 0 saturated carbocycles. The number of halogens is 2. The van der Waals surface area contributed by atoms with E-state index in [0.717, 1.165) is 0 Å². The molecule has 0 bridgehead atoms. The highest BCUT2D eigenvalue weighted by molar-refractivity contribution is 5.88. The highest BCUT2D eigenvalue weighted by Crippen LogP contribution is 2.27. The van der Waals surface area contributed by atoms with Crippen molar-refractivity contribution < 1.29 is 25.9 Å². The second-order valence-corrected chi connectivity index (χ2v) is 8.18. The lowest BCUT2D eigenvalue weighted by atomic mass is 10.1. The number of aromatic amines is 1. The number of benzene rings is 1. The van der Waals surface area contributed by atoms with Gasteiger partial charge in [-0.3, -0.25) is 4.79 Å². The number of carbonyl (C=O) groups is 1. The summed E-state index contributed by atoms with van der Waals surface area (Å²) in [6, 6.07) is 5.53. The van der Waals surface area contributed by atoms with Gasteiger partial charge in [0.25, 0.3) is 12.0 Å². The molecule has 1 aliphatic heterocycles. The molecule has 1 amide bonds. The van der Waals surface area contributed by atoms with Crippen molar-refractivity contribution in [1.82, 2.24) is 19.9 Å². The van der Waals surface area contributed by atoms with Crippen molar-refractivity contribution in [3.8, 4) is 11.8 Å². The van der Waals surface area contributed by atoms with E-state index in [0.29, 0.717) is 28.7 Å². The normalized spacial score (nSPS) is 16.2.